The molecule has 4 rings (SSSR count). The molecule has 4 nitrogen and oxygen atoms in total. The number of alkyl halides is 1. The summed E-state index contributed by atoms with van der Waals surface area (Å²) in [7, 11) is 0. The van der Waals surface area contributed by atoms with Crippen molar-refractivity contribution in [3.8, 4) is 11.3 Å². The van der Waals surface area contributed by atoms with Crippen LogP contribution in [-0.2, 0) is 4.79 Å². The highest BCUT2D eigenvalue weighted by atomic mass is 35.5. The highest BCUT2D eigenvalue weighted by molar-refractivity contribution is 6.27. The molecule has 0 bridgehead atoms. The van der Waals surface area contributed by atoms with Gasteiger partial charge in [0.05, 0.1) is 5.69 Å². The second-order valence-electron chi connectivity index (χ2n) is 8.35. The molecule has 1 N–H and O–H groups in total. The molecule has 152 valence electrons. The van der Waals surface area contributed by atoms with Gasteiger partial charge in [-0.1, -0.05) is 19.9 Å². The quantitative estimate of drug-likeness (QED) is 0.569. The summed E-state index contributed by atoms with van der Waals surface area (Å²) in [5, 5.41) is 1.31. The van der Waals surface area contributed by atoms with E-state index < -0.39 is 0 Å². The van der Waals surface area contributed by atoms with Crippen molar-refractivity contribution in [1.29, 1.82) is 0 Å². The van der Waals surface area contributed by atoms with Gasteiger partial charge in [0.15, 0.2) is 0 Å². The summed E-state index contributed by atoms with van der Waals surface area (Å²) in [5.41, 5.74) is 7.31. The number of aromatic nitrogens is 2. The Labute approximate surface area is 177 Å². The molecular formula is C24H28ClN3O. The van der Waals surface area contributed by atoms with Gasteiger partial charge in [-0.15, -0.1) is 11.6 Å². The van der Waals surface area contributed by atoms with Crippen LogP contribution >= 0.6 is 11.6 Å². The number of pyridine rings is 1. The molecule has 0 aliphatic carbocycles. The molecule has 29 heavy (non-hydrogen) atoms. The number of carbonyl (C=O) groups is 1. The molecule has 0 spiro atoms. The third kappa shape index (κ3) is 3.91. The number of amides is 1. The average Bonchev–Trinajstić information content (AvgIpc) is 3.12. The van der Waals surface area contributed by atoms with Crippen molar-refractivity contribution in [2.24, 2.45) is 0 Å². The first kappa shape index (κ1) is 20.0. The van der Waals surface area contributed by atoms with Crippen LogP contribution in [0.1, 0.15) is 55.3 Å². The predicted octanol–water partition coefficient (Wildman–Crippen LogP) is 5.61. The van der Waals surface area contributed by atoms with E-state index in [4.69, 9.17) is 11.6 Å². The van der Waals surface area contributed by atoms with Crippen LogP contribution in [-0.4, -0.2) is 39.7 Å². The van der Waals surface area contributed by atoms with Gasteiger partial charge in [-0.3, -0.25) is 9.78 Å². The first-order valence-electron chi connectivity index (χ1n) is 10.4. The third-order valence-corrected chi connectivity index (χ3v) is 6.29. The Morgan fingerprint density at radius 2 is 2.00 bits per heavy atom. The maximum absolute atomic E-state index is 11.9. The molecule has 1 amide bonds. The summed E-state index contributed by atoms with van der Waals surface area (Å²) in [5.74, 6) is 1.02. The largest absolute Gasteiger partial charge is 0.354 e. The van der Waals surface area contributed by atoms with Crippen molar-refractivity contribution in [1.82, 2.24) is 14.9 Å². The Kier molecular flexibility index (Phi) is 5.64. The Hall–Kier alpha value is -2.33. The number of benzene rings is 1. The molecule has 0 unspecified atom stereocenters. The summed E-state index contributed by atoms with van der Waals surface area (Å²) in [4.78, 5) is 21.7. The molecule has 1 aliphatic heterocycles. The van der Waals surface area contributed by atoms with Crippen LogP contribution in [0, 0.1) is 6.92 Å². The Morgan fingerprint density at radius 3 is 2.66 bits per heavy atom. The fourth-order valence-electron chi connectivity index (χ4n) is 4.56. The van der Waals surface area contributed by atoms with Crippen LogP contribution in [0.2, 0.25) is 0 Å². The highest BCUT2D eigenvalue weighted by Gasteiger charge is 2.24. The van der Waals surface area contributed by atoms with Crippen LogP contribution in [0.15, 0.2) is 36.5 Å². The van der Waals surface area contributed by atoms with Crippen molar-refractivity contribution in [3.63, 3.8) is 0 Å². The first-order chi connectivity index (χ1) is 14.0. The zero-order valence-corrected chi connectivity index (χ0v) is 18.1. The summed E-state index contributed by atoms with van der Waals surface area (Å²) in [6.45, 7) is 8.12. The number of carbonyl (C=O) groups excluding carboxylic acids is 1. The molecule has 3 heterocycles. The summed E-state index contributed by atoms with van der Waals surface area (Å²) >= 11 is 5.72. The molecule has 2 aromatic heterocycles. The molecule has 0 radical (unpaired) electrons. The maximum Gasteiger partial charge on any atom is 0.237 e. The summed E-state index contributed by atoms with van der Waals surface area (Å²) < 4.78 is 0. The number of nitrogens with one attached hydrogen (secondary N) is 1. The van der Waals surface area contributed by atoms with Gasteiger partial charge in [-0.2, -0.15) is 0 Å². The van der Waals surface area contributed by atoms with Crippen molar-refractivity contribution < 1.29 is 4.79 Å². The van der Waals surface area contributed by atoms with Gasteiger partial charge in [-0.25, -0.2) is 0 Å². The average molecular weight is 410 g/mol. The predicted molar refractivity (Wildman–Crippen MR) is 120 cm³/mol. The molecule has 0 atom stereocenters. The third-order valence-electron chi connectivity index (χ3n) is 6.06. The van der Waals surface area contributed by atoms with Gasteiger partial charge in [0.25, 0.3) is 0 Å². The second-order valence-corrected chi connectivity index (χ2v) is 8.62. The highest BCUT2D eigenvalue weighted by Crippen LogP contribution is 2.38. The van der Waals surface area contributed by atoms with E-state index in [1.807, 2.05) is 18.0 Å². The van der Waals surface area contributed by atoms with Crippen LogP contribution in [0.3, 0.4) is 0 Å². The van der Waals surface area contributed by atoms with E-state index >= 15 is 0 Å². The second kappa shape index (κ2) is 8.19. The lowest BCUT2D eigenvalue weighted by molar-refractivity contribution is -0.129. The van der Waals surface area contributed by atoms with Crippen molar-refractivity contribution in [2.45, 2.75) is 45.4 Å². The first-order valence-corrected chi connectivity index (χ1v) is 10.9. The lowest BCUT2D eigenvalue weighted by Crippen LogP contribution is -2.38. The zero-order valence-electron chi connectivity index (χ0n) is 17.3. The normalized spacial score (nSPS) is 15.4. The van der Waals surface area contributed by atoms with Crippen LogP contribution in [0.25, 0.3) is 22.2 Å². The molecule has 1 aromatic carbocycles. The number of likely N-dealkylation sites (tertiary alicyclic amines) is 1. The van der Waals surface area contributed by atoms with E-state index in [1.165, 1.54) is 33.3 Å². The van der Waals surface area contributed by atoms with Gasteiger partial charge < -0.3 is 9.88 Å². The Morgan fingerprint density at radius 1 is 1.24 bits per heavy atom. The summed E-state index contributed by atoms with van der Waals surface area (Å²) in [6.07, 6.45) is 3.86. The number of hydrogen-bond acceptors (Lipinski definition) is 2. The van der Waals surface area contributed by atoms with Gasteiger partial charge in [0, 0.05) is 41.4 Å². The summed E-state index contributed by atoms with van der Waals surface area (Å²) in [6, 6.07) is 11.0. The topological polar surface area (TPSA) is 49.0 Å². The number of halogens is 1. The SMILES string of the molecule is Cc1cc(-c2[nH]c3ccc(C4CCN(C(=O)CCl)CC4)cc3c2C(C)C)ccn1. The van der Waals surface area contributed by atoms with Crippen molar-refractivity contribution in [3.05, 3.63) is 53.3 Å². The molecule has 5 heteroatoms. The number of aromatic amines is 1. The number of fused-ring (bicyclic) bond motifs is 1. The van der Waals surface area contributed by atoms with E-state index in [0.29, 0.717) is 11.8 Å². The van der Waals surface area contributed by atoms with Gasteiger partial charge >= 0.3 is 0 Å². The van der Waals surface area contributed by atoms with Gasteiger partial charge in [0.1, 0.15) is 5.88 Å². The number of H-pyrrole nitrogens is 1. The van der Waals surface area contributed by atoms with Gasteiger partial charge in [0.2, 0.25) is 5.91 Å². The molecular weight excluding hydrogens is 382 g/mol. The fourth-order valence-corrected chi connectivity index (χ4v) is 4.73. The van der Waals surface area contributed by atoms with Crippen molar-refractivity contribution >= 4 is 28.4 Å². The minimum atomic E-state index is 0.0468. The smallest absolute Gasteiger partial charge is 0.237 e. The monoisotopic (exact) mass is 409 g/mol. The molecule has 0 saturated carbocycles. The number of rotatable bonds is 4. The van der Waals surface area contributed by atoms with E-state index in [-0.39, 0.29) is 11.8 Å². The van der Waals surface area contributed by atoms with Crippen LogP contribution in [0.4, 0.5) is 0 Å². The van der Waals surface area contributed by atoms with E-state index in [1.54, 1.807) is 0 Å². The molecule has 1 saturated heterocycles. The van der Waals surface area contributed by atoms with E-state index in [9.17, 15) is 4.79 Å². The number of hydrogen-bond donors (Lipinski definition) is 1. The lowest BCUT2D eigenvalue weighted by Gasteiger charge is -2.32. The van der Waals surface area contributed by atoms with Crippen LogP contribution in [0.5, 0.6) is 0 Å². The lowest BCUT2D eigenvalue weighted by atomic mass is 9.87. The minimum Gasteiger partial charge on any atom is -0.354 e. The van der Waals surface area contributed by atoms with Crippen molar-refractivity contribution in [2.75, 3.05) is 19.0 Å². The maximum atomic E-state index is 11.9. The minimum absolute atomic E-state index is 0.0468. The fraction of sp³-hybridized carbons (Fsp3) is 0.417. The van der Waals surface area contributed by atoms with Gasteiger partial charge in [-0.05, 0) is 67.0 Å². The molecule has 1 fully saturated rings. The Bertz CT molecular complexity index is 1030. The zero-order chi connectivity index (χ0) is 20.5. The van der Waals surface area contributed by atoms with E-state index in [0.717, 1.165) is 31.6 Å². The number of nitrogens with zero attached hydrogens (tertiary/aromatic N) is 2. The number of piperidine rings is 1. The van der Waals surface area contributed by atoms with E-state index in [2.05, 4.69) is 54.1 Å². The molecule has 1 aliphatic rings. The number of aryl methyl sites for hydroxylation is 1. The standard InChI is InChI=1S/C24H28ClN3O/c1-15(2)23-20-13-18(17-7-10-28(11-8-17)22(29)14-25)4-5-21(20)27-24(23)19-6-9-26-16(3)12-19/h4-6,9,12-13,15,17,27H,7-8,10-11,14H2,1-3H3. The molecule has 3 aromatic rings. The Balaban J connectivity index is 1.69. The van der Waals surface area contributed by atoms with Crippen LogP contribution < -0.4 is 0 Å².